The first-order valence-electron chi connectivity index (χ1n) is 9.52. The fourth-order valence-corrected chi connectivity index (χ4v) is 7.64. The third kappa shape index (κ3) is 3.68. The van der Waals surface area contributed by atoms with Crippen molar-refractivity contribution < 1.29 is 26.4 Å². The molecule has 0 saturated heterocycles. The zero-order valence-corrected chi connectivity index (χ0v) is 17.5. The number of anilines is 1. The van der Waals surface area contributed by atoms with Gasteiger partial charge in [-0.1, -0.05) is 11.6 Å². The highest BCUT2D eigenvalue weighted by atomic mass is 35.5. The molecule has 2 aromatic carbocycles. The minimum Gasteiger partial charge on any atom is -0.322 e. The van der Waals surface area contributed by atoms with Crippen LogP contribution in [0, 0.1) is 46.5 Å². The van der Waals surface area contributed by atoms with Crippen molar-refractivity contribution >= 4 is 33.0 Å². The van der Waals surface area contributed by atoms with Crippen molar-refractivity contribution in [1.29, 1.82) is 5.26 Å². The molecule has 10 heteroatoms. The Bertz CT molecular complexity index is 1210. The number of nitriles is 1. The number of rotatable bonds is 4. The van der Waals surface area contributed by atoms with Crippen molar-refractivity contribution in [3.05, 3.63) is 58.4 Å². The van der Waals surface area contributed by atoms with Gasteiger partial charge in [-0.15, -0.1) is 0 Å². The highest BCUT2D eigenvalue weighted by molar-refractivity contribution is 7.92. The number of halogens is 4. The molecule has 31 heavy (non-hydrogen) atoms. The Kier molecular flexibility index (Phi) is 5.48. The molecule has 5 nitrogen and oxygen atoms in total. The standard InChI is InChI=1S/C21H16ClF3N2O3S/c22-15-4-2-11(21(28)27-13-7-16(23)19(25)17(24)8-13)6-18(15)31(29,30)20-10-1-3-14(20)12(5-10)9-26/h2,4,6-8,10,12,14,20H,1,3,5H2,(H,27,28)/t10?,12-,14?,20+/m0/s1. The van der Waals surface area contributed by atoms with E-state index < -0.39 is 38.4 Å². The summed E-state index contributed by atoms with van der Waals surface area (Å²) in [6, 6.07) is 7.05. The molecule has 0 spiro atoms. The molecule has 2 unspecified atom stereocenters. The molecule has 2 aliphatic rings. The molecule has 2 bridgehead atoms. The summed E-state index contributed by atoms with van der Waals surface area (Å²) < 4.78 is 66.6. The summed E-state index contributed by atoms with van der Waals surface area (Å²) in [6.07, 6.45) is 1.88. The van der Waals surface area contributed by atoms with E-state index in [9.17, 15) is 31.6 Å². The summed E-state index contributed by atoms with van der Waals surface area (Å²) >= 11 is 6.15. The number of hydrogen-bond acceptors (Lipinski definition) is 4. The van der Waals surface area contributed by atoms with E-state index in [1.165, 1.54) is 12.1 Å². The molecule has 1 N–H and O–H groups in total. The maximum absolute atomic E-state index is 13.4. The predicted octanol–water partition coefficient (Wildman–Crippen LogP) is 4.72. The number of carbonyl (C=O) groups excluding carboxylic acids is 1. The quantitative estimate of drug-likeness (QED) is 0.658. The lowest BCUT2D eigenvalue weighted by atomic mass is 9.90. The maximum Gasteiger partial charge on any atom is 0.255 e. The van der Waals surface area contributed by atoms with E-state index in [1.807, 2.05) is 0 Å². The minimum atomic E-state index is -3.93. The normalized spacial score (nSPS) is 24.7. The van der Waals surface area contributed by atoms with Crippen LogP contribution in [-0.2, 0) is 9.84 Å². The van der Waals surface area contributed by atoms with Crippen LogP contribution in [0.5, 0.6) is 0 Å². The van der Waals surface area contributed by atoms with Crippen molar-refractivity contribution in [1.82, 2.24) is 0 Å². The van der Waals surface area contributed by atoms with E-state index in [2.05, 4.69) is 11.4 Å². The maximum atomic E-state index is 13.4. The van der Waals surface area contributed by atoms with Gasteiger partial charge in [0.1, 0.15) is 0 Å². The zero-order chi connectivity index (χ0) is 22.5. The zero-order valence-electron chi connectivity index (χ0n) is 15.9. The van der Waals surface area contributed by atoms with Crippen LogP contribution in [0.25, 0.3) is 0 Å². The Morgan fingerprint density at radius 2 is 1.81 bits per heavy atom. The van der Waals surface area contributed by atoms with Gasteiger partial charge >= 0.3 is 0 Å². The summed E-state index contributed by atoms with van der Waals surface area (Å²) in [6.45, 7) is 0. The lowest BCUT2D eigenvalue weighted by Gasteiger charge is -2.19. The van der Waals surface area contributed by atoms with Gasteiger partial charge < -0.3 is 5.32 Å². The molecule has 0 radical (unpaired) electrons. The Morgan fingerprint density at radius 3 is 2.42 bits per heavy atom. The first-order chi connectivity index (χ1) is 14.6. The van der Waals surface area contributed by atoms with Gasteiger partial charge in [0, 0.05) is 23.4 Å². The van der Waals surface area contributed by atoms with Crippen LogP contribution in [0.4, 0.5) is 18.9 Å². The molecule has 0 aliphatic heterocycles. The number of hydrogen-bond donors (Lipinski definition) is 1. The third-order valence-corrected chi connectivity index (χ3v) is 8.94. The predicted molar refractivity (Wildman–Crippen MR) is 107 cm³/mol. The molecular formula is C21H16ClF3N2O3S. The SMILES string of the molecule is N#C[C@@H]1CC2CCC1[C@@H]2S(=O)(=O)c1cc(C(=O)Nc2cc(F)c(F)c(F)c2)ccc1Cl. The molecule has 2 saturated carbocycles. The monoisotopic (exact) mass is 468 g/mol. The van der Waals surface area contributed by atoms with Crippen LogP contribution in [0.3, 0.4) is 0 Å². The van der Waals surface area contributed by atoms with Crippen LogP contribution in [0.1, 0.15) is 29.6 Å². The van der Waals surface area contributed by atoms with Crippen LogP contribution in [0.2, 0.25) is 5.02 Å². The average Bonchev–Trinajstić information content (AvgIpc) is 3.31. The Hall–Kier alpha value is -2.57. The Labute approximate surface area is 181 Å². The first-order valence-corrected chi connectivity index (χ1v) is 11.4. The lowest BCUT2D eigenvalue weighted by Crippen LogP contribution is -2.27. The second-order valence-electron chi connectivity index (χ2n) is 7.84. The summed E-state index contributed by atoms with van der Waals surface area (Å²) in [5, 5.41) is 10.7. The number of amides is 1. The fourth-order valence-electron chi connectivity index (χ4n) is 4.74. The molecule has 2 aliphatic carbocycles. The lowest BCUT2D eigenvalue weighted by molar-refractivity contribution is 0.102. The van der Waals surface area contributed by atoms with Gasteiger partial charge in [-0.05, 0) is 49.3 Å². The van der Waals surface area contributed by atoms with E-state index in [1.54, 1.807) is 0 Å². The van der Waals surface area contributed by atoms with Crippen LogP contribution >= 0.6 is 11.6 Å². The van der Waals surface area contributed by atoms with Crippen LogP contribution < -0.4 is 5.32 Å². The van der Waals surface area contributed by atoms with Gasteiger partial charge in [-0.25, -0.2) is 21.6 Å². The number of sulfone groups is 1. The second kappa shape index (κ2) is 7.84. The third-order valence-electron chi connectivity index (χ3n) is 6.10. The van der Waals surface area contributed by atoms with Gasteiger partial charge in [0.2, 0.25) is 0 Å². The molecule has 1 amide bonds. The van der Waals surface area contributed by atoms with Gasteiger partial charge in [-0.3, -0.25) is 4.79 Å². The Balaban J connectivity index is 1.65. The van der Waals surface area contributed by atoms with Crippen molar-refractivity contribution in [2.45, 2.75) is 29.4 Å². The minimum absolute atomic E-state index is 0.0600. The van der Waals surface area contributed by atoms with E-state index in [-0.39, 0.29) is 38.9 Å². The van der Waals surface area contributed by atoms with Crippen molar-refractivity contribution in [3.8, 4) is 6.07 Å². The number of nitrogens with zero attached hydrogens (tertiary/aromatic N) is 1. The van der Waals surface area contributed by atoms with Gasteiger partial charge in [-0.2, -0.15) is 5.26 Å². The summed E-state index contributed by atoms with van der Waals surface area (Å²) in [4.78, 5) is 12.3. The molecule has 2 fully saturated rings. The van der Waals surface area contributed by atoms with E-state index in [0.29, 0.717) is 31.4 Å². The molecule has 0 heterocycles. The number of carbonyl (C=O) groups is 1. The highest BCUT2D eigenvalue weighted by Gasteiger charge is 2.54. The number of benzene rings is 2. The first kappa shape index (κ1) is 21.7. The summed E-state index contributed by atoms with van der Waals surface area (Å²) in [5.74, 6) is -6.21. The molecule has 0 aromatic heterocycles. The second-order valence-corrected chi connectivity index (χ2v) is 10.3. The van der Waals surface area contributed by atoms with E-state index >= 15 is 0 Å². The molecule has 2 aromatic rings. The van der Waals surface area contributed by atoms with Crippen molar-refractivity contribution in [2.24, 2.45) is 17.8 Å². The van der Waals surface area contributed by atoms with Crippen LogP contribution in [0.15, 0.2) is 35.2 Å². The van der Waals surface area contributed by atoms with Gasteiger partial charge in [0.25, 0.3) is 5.91 Å². The van der Waals surface area contributed by atoms with E-state index in [0.717, 1.165) is 6.07 Å². The van der Waals surface area contributed by atoms with Gasteiger partial charge in [0.15, 0.2) is 27.3 Å². The Morgan fingerprint density at radius 1 is 1.13 bits per heavy atom. The largest absolute Gasteiger partial charge is 0.322 e. The topological polar surface area (TPSA) is 87.0 Å². The molecule has 4 atom stereocenters. The van der Waals surface area contributed by atoms with E-state index in [4.69, 9.17) is 11.6 Å². The van der Waals surface area contributed by atoms with Crippen LogP contribution in [-0.4, -0.2) is 19.6 Å². The number of fused-ring (bicyclic) bond motifs is 2. The molecule has 162 valence electrons. The van der Waals surface area contributed by atoms with Gasteiger partial charge in [0.05, 0.1) is 27.2 Å². The fraction of sp³-hybridized carbons (Fsp3) is 0.333. The van der Waals surface area contributed by atoms with Crippen molar-refractivity contribution in [2.75, 3.05) is 5.32 Å². The highest BCUT2D eigenvalue weighted by Crippen LogP contribution is 2.53. The smallest absolute Gasteiger partial charge is 0.255 e. The summed E-state index contributed by atoms with van der Waals surface area (Å²) in [5.41, 5.74) is -0.429. The number of nitrogens with one attached hydrogen (secondary N) is 1. The average molecular weight is 469 g/mol. The summed E-state index contributed by atoms with van der Waals surface area (Å²) in [7, 11) is -3.93. The molecular weight excluding hydrogens is 453 g/mol. The van der Waals surface area contributed by atoms with Crippen molar-refractivity contribution in [3.63, 3.8) is 0 Å². The molecule has 4 rings (SSSR count).